The van der Waals surface area contributed by atoms with Crippen molar-refractivity contribution in [3.63, 3.8) is 0 Å². The molecule has 0 saturated heterocycles. The van der Waals surface area contributed by atoms with E-state index in [9.17, 15) is 15.1 Å². The molecule has 2 N–H and O–H groups in total. The predicted octanol–water partition coefficient (Wildman–Crippen LogP) is 2.68. The molecule has 0 atom stereocenters. The van der Waals surface area contributed by atoms with Crippen molar-refractivity contribution in [3.05, 3.63) is 47.0 Å². The summed E-state index contributed by atoms with van der Waals surface area (Å²) in [5.74, 6) is 4.88. The van der Waals surface area contributed by atoms with E-state index in [1.807, 2.05) is 30.3 Å². The van der Waals surface area contributed by atoms with Crippen LogP contribution in [0.25, 0.3) is 0 Å². The van der Waals surface area contributed by atoms with Crippen LogP contribution >= 0.6 is 0 Å². The molecule has 110 valence electrons. The molecule has 0 unspecified atom stereocenters. The highest BCUT2D eigenvalue weighted by atomic mass is 16.5. The first-order valence-electron chi connectivity index (χ1n) is 6.74. The summed E-state index contributed by atoms with van der Waals surface area (Å²) in [6, 6.07) is 9.36. The van der Waals surface area contributed by atoms with Crippen molar-refractivity contribution >= 4 is 5.97 Å². The molecule has 0 fully saturated rings. The van der Waals surface area contributed by atoms with E-state index in [-0.39, 0.29) is 5.57 Å². The minimum Gasteiger partial charge on any atom is -0.478 e. The summed E-state index contributed by atoms with van der Waals surface area (Å²) in [6.07, 6.45) is 0. The molecule has 1 heterocycles. The number of carbonyl (C=O) groups is 1. The van der Waals surface area contributed by atoms with Gasteiger partial charge in [0.1, 0.15) is 0 Å². The standard InChI is InChI=1S/C17H19NO3/c1-16(2)13(11-10-12-8-6-5-7-9-12)14(15(19)20)17(3,4)18(16)21/h5-9,21H,1-4H3,(H,19,20). The molecule has 0 radical (unpaired) electrons. The quantitative estimate of drug-likeness (QED) is 0.779. The minimum absolute atomic E-state index is 0.137. The average Bonchev–Trinajstić information content (AvgIpc) is 2.55. The van der Waals surface area contributed by atoms with Gasteiger partial charge in [-0.25, -0.2) is 4.79 Å². The molecule has 4 nitrogen and oxygen atoms in total. The number of hydrogen-bond donors (Lipinski definition) is 2. The maximum Gasteiger partial charge on any atom is 0.334 e. The van der Waals surface area contributed by atoms with Crippen molar-refractivity contribution in [2.45, 2.75) is 38.8 Å². The fraction of sp³-hybridized carbons (Fsp3) is 0.353. The van der Waals surface area contributed by atoms with E-state index < -0.39 is 17.0 Å². The van der Waals surface area contributed by atoms with Crippen molar-refractivity contribution in [1.29, 1.82) is 0 Å². The highest BCUT2D eigenvalue weighted by molar-refractivity contribution is 5.93. The van der Waals surface area contributed by atoms with Crippen LogP contribution < -0.4 is 0 Å². The first-order valence-corrected chi connectivity index (χ1v) is 6.74. The Morgan fingerprint density at radius 2 is 1.62 bits per heavy atom. The lowest BCUT2D eigenvalue weighted by atomic mass is 9.90. The summed E-state index contributed by atoms with van der Waals surface area (Å²) >= 11 is 0. The van der Waals surface area contributed by atoms with Gasteiger partial charge in [0.15, 0.2) is 0 Å². The smallest absolute Gasteiger partial charge is 0.334 e. The molecule has 0 aromatic heterocycles. The van der Waals surface area contributed by atoms with Gasteiger partial charge in [0, 0.05) is 11.1 Å². The number of carboxylic acids is 1. The summed E-state index contributed by atoms with van der Waals surface area (Å²) in [6.45, 7) is 6.88. The Kier molecular flexibility index (Phi) is 3.66. The van der Waals surface area contributed by atoms with Gasteiger partial charge in [-0.3, -0.25) is 0 Å². The van der Waals surface area contributed by atoms with Crippen LogP contribution in [0.3, 0.4) is 0 Å². The Bertz CT molecular complexity index is 660. The Labute approximate surface area is 124 Å². The number of nitrogens with zero attached hydrogens (tertiary/aromatic N) is 1. The zero-order chi connectivity index (χ0) is 15.8. The molecule has 21 heavy (non-hydrogen) atoms. The fourth-order valence-corrected chi connectivity index (χ4v) is 2.76. The maximum atomic E-state index is 11.6. The van der Waals surface area contributed by atoms with E-state index >= 15 is 0 Å². The Morgan fingerprint density at radius 1 is 1.05 bits per heavy atom. The SMILES string of the molecule is CC1(C)C(C#Cc2ccccc2)=C(C(=O)O)C(C)(C)N1O. The number of hydroxylamine groups is 2. The summed E-state index contributed by atoms with van der Waals surface area (Å²) in [7, 11) is 0. The second kappa shape index (κ2) is 5.03. The highest BCUT2D eigenvalue weighted by Gasteiger charge is 2.53. The normalized spacial score (nSPS) is 20.0. The Balaban J connectivity index is 2.59. The van der Waals surface area contributed by atoms with E-state index in [0.717, 1.165) is 10.6 Å². The maximum absolute atomic E-state index is 11.6. The second-order valence-electron chi connectivity index (χ2n) is 6.10. The van der Waals surface area contributed by atoms with Crippen LogP contribution in [-0.2, 0) is 4.79 Å². The Morgan fingerprint density at radius 3 is 2.14 bits per heavy atom. The lowest BCUT2D eigenvalue weighted by Gasteiger charge is -2.35. The van der Waals surface area contributed by atoms with Gasteiger partial charge in [-0.1, -0.05) is 30.0 Å². The van der Waals surface area contributed by atoms with E-state index in [2.05, 4.69) is 11.8 Å². The van der Waals surface area contributed by atoms with Gasteiger partial charge in [-0.2, -0.15) is 5.06 Å². The molecule has 1 aliphatic heterocycles. The summed E-state index contributed by atoms with van der Waals surface area (Å²) < 4.78 is 0. The molecule has 2 rings (SSSR count). The van der Waals surface area contributed by atoms with E-state index in [4.69, 9.17) is 0 Å². The van der Waals surface area contributed by atoms with Crippen molar-refractivity contribution < 1.29 is 15.1 Å². The average molecular weight is 285 g/mol. The van der Waals surface area contributed by atoms with Gasteiger partial charge in [0.05, 0.1) is 16.7 Å². The van der Waals surface area contributed by atoms with Gasteiger partial charge in [0.2, 0.25) is 0 Å². The topological polar surface area (TPSA) is 60.8 Å². The number of rotatable bonds is 1. The molecule has 0 saturated carbocycles. The van der Waals surface area contributed by atoms with Crippen LogP contribution in [0.2, 0.25) is 0 Å². The first-order chi connectivity index (χ1) is 9.69. The number of carboxylic acid groups (broad SMARTS) is 1. The van der Waals surface area contributed by atoms with Gasteiger partial charge in [0.25, 0.3) is 0 Å². The van der Waals surface area contributed by atoms with Gasteiger partial charge in [-0.15, -0.1) is 0 Å². The second-order valence-corrected chi connectivity index (χ2v) is 6.10. The lowest BCUT2D eigenvalue weighted by molar-refractivity contribution is -0.188. The molecule has 0 bridgehead atoms. The summed E-state index contributed by atoms with van der Waals surface area (Å²) in [5, 5.41) is 20.9. The molecule has 1 aromatic rings. The van der Waals surface area contributed by atoms with Crippen LogP contribution in [0.4, 0.5) is 0 Å². The van der Waals surface area contributed by atoms with E-state index in [1.54, 1.807) is 27.7 Å². The summed E-state index contributed by atoms with van der Waals surface area (Å²) in [5.41, 5.74) is -0.459. The van der Waals surface area contributed by atoms with E-state index in [0.29, 0.717) is 5.57 Å². The largest absolute Gasteiger partial charge is 0.478 e. The predicted molar refractivity (Wildman–Crippen MR) is 79.8 cm³/mol. The minimum atomic E-state index is -1.05. The van der Waals surface area contributed by atoms with Gasteiger partial charge >= 0.3 is 5.97 Å². The Hall–Kier alpha value is -2.09. The molecular formula is C17H19NO3. The highest BCUT2D eigenvalue weighted by Crippen LogP contribution is 2.43. The van der Waals surface area contributed by atoms with Crippen molar-refractivity contribution in [1.82, 2.24) is 5.06 Å². The fourth-order valence-electron chi connectivity index (χ4n) is 2.76. The van der Waals surface area contributed by atoms with Crippen LogP contribution in [-0.4, -0.2) is 32.4 Å². The van der Waals surface area contributed by atoms with Crippen molar-refractivity contribution in [2.75, 3.05) is 0 Å². The van der Waals surface area contributed by atoms with Gasteiger partial charge < -0.3 is 10.3 Å². The lowest BCUT2D eigenvalue weighted by Crippen LogP contribution is -2.49. The third-order valence-corrected chi connectivity index (χ3v) is 3.85. The molecule has 0 amide bonds. The molecular weight excluding hydrogens is 266 g/mol. The molecule has 1 aliphatic rings. The number of hydrogen-bond acceptors (Lipinski definition) is 3. The third kappa shape index (κ3) is 2.46. The summed E-state index contributed by atoms with van der Waals surface area (Å²) in [4.78, 5) is 11.6. The molecule has 0 aliphatic carbocycles. The number of benzene rings is 1. The monoisotopic (exact) mass is 285 g/mol. The molecule has 4 heteroatoms. The first kappa shape index (κ1) is 15.3. The van der Waals surface area contributed by atoms with Crippen LogP contribution in [0.15, 0.2) is 41.5 Å². The van der Waals surface area contributed by atoms with Crippen LogP contribution in [0, 0.1) is 11.8 Å². The number of aliphatic carboxylic acids is 1. The van der Waals surface area contributed by atoms with Crippen LogP contribution in [0.5, 0.6) is 0 Å². The van der Waals surface area contributed by atoms with Crippen LogP contribution in [0.1, 0.15) is 33.3 Å². The zero-order valence-corrected chi connectivity index (χ0v) is 12.6. The van der Waals surface area contributed by atoms with E-state index in [1.165, 1.54) is 0 Å². The zero-order valence-electron chi connectivity index (χ0n) is 12.6. The van der Waals surface area contributed by atoms with Crippen molar-refractivity contribution in [3.8, 4) is 11.8 Å². The van der Waals surface area contributed by atoms with Crippen molar-refractivity contribution in [2.24, 2.45) is 0 Å². The van der Waals surface area contributed by atoms with Gasteiger partial charge in [-0.05, 0) is 39.8 Å². The molecule has 1 aromatic carbocycles. The molecule has 0 spiro atoms. The third-order valence-electron chi connectivity index (χ3n) is 3.85.